The summed E-state index contributed by atoms with van der Waals surface area (Å²) in [5, 5.41) is 12.9. The number of fused-ring (bicyclic) bond motifs is 1. The Bertz CT molecular complexity index is 807. The summed E-state index contributed by atoms with van der Waals surface area (Å²) < 4.78 is 5.86. The average Bonchev–Trinajstić information content (AvgIpc) is 2.62. The average molecular weight is 334 g/mol. The van der Waals surface area contributed by atoms with Crippen molar-refractivity contribution in [3.8, 4) is 11.8 Å². The summed E-state index contributed by atoms with van der Waals surface area (Å²) in [6, 6.07) is 15.7. The molecule has 0 aliphatic heterocycles. The number of carbonyl (C=O) groups is 1. The molecule has 0 fully saturated rings. The third kappa shape index (κ3) is 3.72. The van der Waals surface area contributed by atoms with E-state index in [1.54, 1.807) is 12.1 Å². The second-order valence-electron chi connectivity index (χ2n) is 6.63. The van der Waals surface area contributed by atoms with Crippen LogP contribution >= 0.6 is 0 Å². The molecule has 4 nitrogen and oxygen atoms in total. The summed E-state index contributed by atoms with van der Waals surface area (Å²) in [7, 11) is 0. The highest BCUT2D eigenvalue weighted by Gasteiger charge is 2.30. The van der Waals surface area contributed by atoms with Gasteiger partial charge in [0.05, 0.1) is 11.6 Å². The van der Waals surface area contributed by atoms with Crippen molar-refractivity contribution >= 4 is 5.78 Å². The topological polar surface area (TPSA) is 62.1 Å². The van der Waals surface area contributed by atoms with Gasteiger partial charge in [-0.15, -0.1) is 0 Å². The number of Topliss-reactive ketones (excluding diaryl/α,β-unsaturated/α-hetero) is 1. The van der Waals surface area contributed by atoms with E-state index in [2.05, 4.69) is 11.4 Å². The van der Waals surface area contributed by atoms with Crippen LogP contribution in [0.1, 0.15) is 47.3 Å². The summed E-state index contributed by atoms with van der Waals surface area (Å²) in [4.78, 5) is 12.7. The van der Waals surface area contributed by atoms with Gasteiger partial charge in [-0.05, 0) is 36.1 Å². The molecule has 0 saturated heterocycles. The minimum Gasteiger partial charge on any atom is -0.488 e. The lowest BCUT2D eigenvalue weighted by atomic mass is 9.84. The molecule has 1 aliphatic rings. The highest BCUT2D eigenvalue weighted by atomic mass is 16.5. The van der Waals surface area contributed by atoms with E-state index >= 15 is 0 Å². The predicted molar refractivity (Wildman–Crippen MR) is 96.6 cm³/mol. The van der Waals surface area contributed by atoms with Crippen LogP contribution in [-0.4, -0.2) is 17.9 Å². The molecule has 0 spiro atoms. The molecule has 1 atom stereocenters. The van der Waals surface area contributed by atoms with E-state index in [4.69, 9.17) is 4.74 Å². The first-order valence-corrected chi connectivity index (χ1v) is 8.63. The van der Waals surface area contributed by atoms with E-state index in [0.717, 1.165) is 11.1 Å². The van der Waals surface area contributed by atoms with Gasteiger partial charge in [-0.25, -0.2) is 0 Å². The van der Waals surface area contributed by atoms with Crippen molar-refractivity contribution in [2.75, 3.05) is 0 Å². The molecule has 0 saturated carbocycles. The van der Waals surface area contributed by atoms with Crippen LogP contribution in [0.15, 0.2) is 42.5 Å². The van der Waals surface area contributed by atoms with Gasteiger partial charge in [0.2, 0.25) is 0 Å². The Morgan fingerprint density at radius 1 is 1.24 bits per heavy atom. The summed E-state index contributed by atoms with van der Waals surface area (Å²) in [5.74, 6) is 0.620. The fourth-order valence-corrected chi connectivity index (χ4v) is 3.26. The van der Waals surface area contributed by atoms with Crippen molar-refractivity contribution in [2.45, 2.75) is 45.4 Å². The summed E-state index contributed by atoms with van der Waals surface area (Å²) in [5.41, 5.74) is 3.00. The number of ether oxygens (including phenoxy) is 1. The van der Waals surface area contributed by atoms with Crippen molar-refractivity contribution in [3.63, 3.8) is 0 Å². The highest BCUT2D eigenvalue weighted by molar-refractivity contribution is 6.03. The lowest BCUT2D eigenvalue weighted by Gasteiger charge is -2.27. The van der Waals surface area contributed by atoms with Gasteiger partial charge in [-0.1, -0.05) is 44.2 Å². The molecule has 4 heteroatoms. The second kappa shape index (κ2) is 7.50. The largest absolute Gasteiger partial charge is 0.488 e. The quantitative estimate of drug-likeness (QED) is 0.907. The van der Waals surface area contributed by atoms with Crippen LogP contribution in [0.2, 0.25) is 0 Å². The number of hydrogen-bond donors (Lipinski definition) is 1. The molecule has 1 unspecified atom stereocenters. The van der Waals surface area contributed by atoms with Gasteiger partial charge in [0.25, 0.3) is 0 Å². The van der Waals surface area contributed by atoms with Crippen LogP contribution in [0.3, 0.4) is 0 Å². The van der Waals surface area contributed by atoms with Crippen LogP contribution in [0.25, 0.3) is 0 Å². The summed E-state index contributed by atoms with van der Waals surface area (Å²) in [6.07, 6.45) is 1.41. The molecule has 0 amide bonds. The number of rotatable bonds is 5. The van der Waals surface area contributed by atoms with E-state index in [0.29, 0.717) is 36.3 Å². The third-order valence-electron chi connectivity index (χ3n) is 4.42. The molecule has 3 rings (SSSR count). The number of nitriles is 1. The first-order valence-electron chi connectivity index (χ1n) is 8.63. The molecule has 0 radical (unpaired) electrons. The van der Waals surface area contributed by atoms with Crippen LogP contribution in [-0.2, 0) is 13.0 Å². The van der Waals surface area contributed by atoms with Crippen LogP contribution < -0.4 is 10.1 Å². The first-order chi connectivity index (χ1) is 12.1. The van der Waals surface area contributed by atoms with Gasteiger partial charge < -0.3 is 10.1 Å². The van der Waals surface area contributed by atoms with E-state index < -0.39 is 0 Å². The zero-order valence-electron chi connectivity index (χ0n) is 14.6. The third-order valence-corrected chi connectivity index (χ3v) is 4.42. The minimum atomic E-state index is -0.171. The Labute approximate surface area is 148 Å². The van der Waals surface area contributed by atoms with E-state index in [9.17, 15) is 10.1 Å². The Kier molecular flexibility index (Phi) is 5.16. The maximum atomic E-state index is 12.7. The maximum absolute atomic E-state index is 12.7. The zero-order chi connectivity index (χ0) is 17.8. The Balaban J connectivity index is 1.85. The summed E-state index contributed by atoms with van der Waals surface area (Å²) in [6.45, 7) is 4.47. The molecular weight excluding hydrogens is 312 g/mol. The smallest absolute Gasteiger partial charge is 0.180 e. The molecule has 25 heavy (non-hydrogen) atoms. The molecular formula is C21H22N2O2. The van der Waals surface area contributed by atoms with Crippen molar-refractivity contribution in [2.24, 2.45) is 0 Å². The van der Waals surface area contributed by atoms with Crippen molar-refractivity contribution in [1.29, 1.82) is 5.26 Å². The lowest BCUT2D eigenvalue weighted by Crippen LogP contribution is -2.43. The highest BCUT2D eigenvalue weighted by Crippen LogP contribution is 2.31. The molecule has 2 aromatic rings. The monoisotopic (exact) mass is 334 g/mol. The SMILES string of the molecule is CC(C)NC1CCc2c(ccc(OCc3ccccc3)c2C#N)C1=O. The lowest BCUT2D eigenvalue weighted by molar-refractivity contribution is 0.0922. The van der Waals surface area contributed by atoms with Gasteiger partial charge in [-0.2, -0.15) is 5.26 Å². The molecule has 0 aromatic heterocycles. The number of benzene rings is 2. The van der Waals surface area contributed by atoms with Crippen LogP contribution in [0.4, 0.5) is 0 Å². The van der Waals surface area contributed by atoms with Crippen molar-refractivity contribution in [1.82, 2.24) is 5.32 Å². The van der Waals surface area contributed by atoms with E-state index in [1.165, 1.54) is 0 Å². The molecule has 2 aromatic carbocycles. The van der Waals surface area contributed by atoms with Crippen LogP contribution in [0.5, 0.6) is 5.75 Å². The predicted octanol–water partition coefficient (Wildman–Crippen LogP) is 3.63. The zero-order valence-corrected chi connectivity index (χ0v) is 14.6. The molecule has 128 valence electrons. The molecule has 0 heterocycles. The Morgan fingerprint density at radius 2 is 2.00 bits per heavy atom. The number of hydrogen-bond acceptors (Lipinski definition) is 4. The fourth-order valence-electron chi connectivity index (χ4n) is 3.26. The van der Waals surface area contributed by atoms with E-state index in [-0.39, 0.29) is 17.9 Å². The number of nitrogens with one attached hydrogen (secondary N) is 1. The number of nitrogens with zero attached hydrogens (tertiary/aromatic N) is 1. The Hall–Kier alpha value is -2.64. The standard InChI is InChI=1S/C21H22N2O2/c1-14(2)23-19-10-8-16-17(21(19)24)9-11-20(18(16)12-22)25-13-15-6-4-3-5-7-15/h3-7,9,11,14,19,23H,8,10,13H2,1-2H3. The maximum Gasteiger partial charge on any atom is 0.180 e. The van der Waals surface area contributed by atoms with Crippen molar-refractivity contribution < 1.29 is 9.53 Å². The Morgan fingerprint density at radius 3 is 2.68 bits per heavy atom. The fraction of sp³-hybridized carbons (Fsp3) is 0.333. The molecule has 0 bridgehead atoms. The van der Waals surface area contributed by atoms with Gasteiger partial charge in [-0.3, -0.25) is 4.79 Å². The van der Waals surface area contributed by atoms with Gasteiger partial charge in [0, 0.05) is 11.6 Å². The second-order valence-corrected chi connectivity index (χ2v) is 6.63. The summed E-state index contributed by atoms with van der Waals surface area (Å²) >= 11 is 0. The number of carbonyl (C=O) groups excluding carboxylic acids is 1. The normalized spacial score (nSPS) is 16.4. The van der Waals surface area contributed by atoms with Crippen LogP contribution in [0, 0.1) is 11.3 Å². The van der Waals surface area contributed by atoms with Gasteiger partial charge in [0.15, 0.2) is 5.78 Å². The minimum absolute atomic E-state index is 0.0704. The van der Waals surface area contributed by atoms with E-state index in [1.807, 2.05) is 44.2 Å². The van der Waals surface area contributed by atoms with Gasteiger partial charge >= 0.3 is 0 Å². The first kappa shape index (κ1) is 17.2. The molecule has 1 aliphatic carbocycles. The molecule has 1 N–H and O–H groups in total. The number of ketones is 1. The van der Waals surface area contributed by atoms with Crippen molar-refractivity contribution in [3.05, 3.63) is 64.7 Å². The van der Waals surface area contributed by atoms with Gasteiger partial charge in [0.1, 0.15) is 18.4 Å².